The Balaban J connectivity index is 1.49. The molecule has 2 unspecified atom stereocenters. The summed E-state index contributed by atoms with van der Waals surface area (Å²) in [6, 6.07) is 12.6. The molecular weight excluding hydrogens is 412 g/mol. The van der Waals surface area contributed by atoms with Crippen molar-refractivity contribution in [1.29, 1.82) is 0 Å². The molecular formula is C23H26N4O3S. The molecule has 2 aromatic carbocycles. The first-order chi connectivity index (χ1) is 14.8. The zero-order chi connectivity index (χ0) is 22.1. The van der Waals surface area contributed by atoms with Crippen LogP contribution in [0.25, 0.3) is 0 Å². The van der Waals surface area contributed by atoms with Crippen LogP contribution in [0.2, 0.25) is 0 Å². The number of nitrogen functional groups attached to an aromatic ring is 1. The standard InChI is InChI=1S/C23H26N4O3S/c1-14-12-20(30-17-9-10-19(24)18(13-17)22(25)31)23(29)27(14)16-7-5-15(6-8-16)26-11-3-2-4-21(26)28/h5-10,13-14,20H,2-4,11-12,24H2,1H3,(H2,25,31). The number of thiocarbonyl (C=S) groups is 1. The molecule has 31 heavy (non-hydrogen) atoms. The summed E-state index contributed by atoms with van der Waals surface area (Å²) in [5.41, 5.74) is 14.3. The van der Waals surface area contributed by atoms with Crippen molar-refractivity contribution in [2.45, 2.75) is 44.8 Å². The van der Waals surface area contributed by atoms with Crippen LogP contribution in [0, 0.1) is 0 Å². The third kappa shape index (κ3) is 4.20. The van der Waals surface area contributed by atoms with E-state index in [4.69, 9.17) is 28.4 Å². The van der Waals surface area contributed by atoms with Crippen LogP contribution in [0.15, 0.2) is 42.5 Å². The van der Waals surface area contributed by atoms with E-state index in [1.54, 1.807) is 23.1 Å². The van der Waals surface area contributed by atoms with E-state index in [0.717, 1.165) is 30.8 Å². The fourth-order valence-corrected chi connectivity index (χ4v) is 4.40. The molecule has 4 N–H and O–H groups in total. The van der Waals surface area contributed by atoms with Gasteiger partial charge in [0, 0.05) is 48.1 Å². The highest BCUT2D eigenvalue weighted by Gasteiger charge is 2.39. The summed E-state index contributed by atoms with van der Waals surface area (Å²) < 4.78 is 5.97. The van der Waals surface area contributed by atoms with Gasteiger partial charge < -0.3 is 26.0 Å². The maximum Gasteiger partial charge on any atom is 0.268 e. The molecule has 0 aromatic heterocycles. The topological polar surface area (TPSA) is 102 Å². The normalized spacial score (nSPS) is 21.5. The Morgan fingerprint density at radius 3 is 2.48 bits per heavy atom. The van der Waals surface area contributed by atoms with Crippen LogP contribution >= 0.6 is 12.2 Å². The number of anilines is 3. The average molecular weight is 439 g/mol. The maximum atomic E-state index is 13.1. The summed E-state index contributed by atoms with van der Waals surface area (Å²) in [6.45, 7) is 2.73. The van der Waals surface area contributed by atoms with E-state index in [9.17, 15) is 9.59 Å². The van der Waals surface area contributed by atoms with Gasteiger partial charge in [-0.15, -0.1) is 0 Å². The molecule has 2 aliphatic heterocycles. The minimum atomic E-state index is -0.610. The van der Waals surface area contributed by atoms with Gasteiger partial charge in [-0.3, -0.25) is 9.59 Å². The minimum absolute atomic E-state index is 0.0243. The number of hydrogen-bond acceptors (Lipinski definition) is 5. The van der Waals surface area contributed by atoms with Gasteiger partial charge in [0.05, 0.1) is 0 Å². The van der Waals surface area contributed by atoms with Gasteiger partial charge in [-0.05, 0) is 62.2 Å². The molecule has 162 valence electrons. The van der Waals surface area contributed by atoms with Crippen molar-refractivity contribution < 1.29 is 14.3 Å². The van der Waals surface area contributed by atoms with Crippen molar-refractivity contribution in [2.75, 3.05) is 22.1 Å². The van der Waals surface area contributed by atoms with E-state index < -0.39 is 6.10 Å². The smallest absolute Gasteiger partial charge is 0.268 e. The number of amides is 2. The van der Waals surface area contributed by atoms with Gasteiger partial charge in [-0.25, -0.2) is 0 Å². The molecule has 0 spiro atoms. The van der Waals surface area contributed by atoms with E-state index in [-0.39, 0.29) is 22.8 Å². The van der Waals surface area contributed by atoms with Crippen LogP contribution in [0.1, 0.15) is 38.2 Å². The molecule has 4 rings (SSSR count). The molecule has 2 atom stereocenters. The molecule has 2 fully saturated rings. The lowest BCUT2D eigenvalue weighted by Crippen LogP contribution is -2.36. The van der Waals surface area contributed by atoms with Crippen LogP contribution in [0.4, 0.5) is 17.1 Å². The lowest BCUT2D eigenvalue weighted by Gasteiger charge is -2.28. The Kier molecular flexibility index (Phi) is 5.82. The molecule has 8 heteroatoms. The van der Waals surface area contributed by atoms with E-state index in [0.29, 0.717) is 29.8 Å². The minimum Gasteiger partial charge on any atom is -0.480 e. The Morgan fingerprint density at radius 1 is 1.10 bits per heavy atom. The SMILES string of the molecule is CC1CC(Oc2ccc(N)c(C(N)=S)c2)C(=O)N1c1ccc(N2CCCCC2=O)cc1. The predicted molar refractivity (Wildman–Crippen MR) is 125 cm³/mol. The van der Waals surface area contributed by atoms with Gasteiger partial charge in [0.25, 0.3) is 5.91 Å². The van der Waals surface area contributed by atoms with Gasteiger partial charge in [-0.1, -0.05) is 12.2 Å². The van der Waals surface area contributed by atoms with Gasteiger partial charge in [0.15, 0.2) is 6.10 Å². The van der Waals surface area contributed by atoms with E-state index >= 15 is 0 Å². The Labute approximate surface area is 186 Å². The van der Waals surface area contributed by atoms with Gasteiger partial charge in [0.2, 0.25) is 5.91 Å². The van der Waals surface area contributed by atoms with Crippen molar-refractivity contribution >= 4 is 46.1 Å². The molecule has 0 bridgehead atoms. The van der Waals surface area contributed by atoms with E-state index in [1.807, 2.05) is 36.1 Å². The van der Waals surface area contributed by atoms with E-state index in [1.165, 1.54) is 0 Å². The molecule has 2 aliphatic rings. The number of ether oxygens (including phenoxy) is 1. The molecule has 2 heterocycles. The first kappa shape index (κ1) is 21.1. The van der Waals surface area contributed by atoms with E-state index in [2.05, 4.69) is 0 Å². The first-order valence-corrected chi connectivity index (χ1v) is 10.9. The Hall–Kier alpha value is -3.13. The molecule has 2 aromatic rings. The second kappa shape index (κ2) is 8.55. The van der Waals surface area contributed by atoms with Crippen LogP contribution < -0.4 is 26.0 Å². The lowest BCUT2D eigenvalue weighted by molar-refractivity contribution is -0.123. The average Bonchev–Trinajstić information content (AvgIpc) is 3.02. The highest BCUT2D eigenvalue weighted by Crippen LogP contribution is 2.32. The number of benzene rings is 2. The zero-order valence-corrected chi connectivity index (χ0v) is 18.2. The number of rotatable bonds is 5. The Morgan fingerprint density at radius 2 is 1.81 bits per heavy atom. The fourth-order valence-electron chi connectivity index (χ4n) is 4.23. The van der Waals surface area contributed by atoms with Crippen molar-refractivity contribution in [3.8, 4) is 5.75 Å². The van der Waals surface area contributed by atoms with Crippen molar-refractivity contribution in [2.24, 2.45) is 5.73 Å². The third-order valence-corrected chi connectivity index (χ3v) is 6.06. The molecule has 0 saturated carbocycles. The monoisotopic (exact) mass is 438 g/mol. The van der Waals surface area contributed by atoms with Gasteiger partial charge in [-0.2, -0.15) is 0 Å². The number of carbonyl (C=O) groups is 2. The highest BCUT2D eigenvalue weighted by atomic mass is 32.1. The molecule has 2 saturated heterocycles. The third-order valence-electron chi connectivity index (χ3n) is 5.84. The zero-order valence-electron chi connectivity index (χ0n) is 17.4. The molecule has 7 nitrogen and oxygen atoms in total. The second-order valence-electron chi connectivity index (χ2n) is 8.03. The molecule has 0 radical (unpaired) electrons. The number of nitrogens with zero attached hydrogens (tertiary/aromatic N) is 2. The summed E-state index contributed by atoms with van der Waals surface area (Å²) >= 11 is 5.02. The lowest BCUT2D eigenvalue weighted by atomic mass is 10.1. The van der Waals surface area contributed by atoms with Crippen molar-refractivity contribution in [3.63, 3.8) is 0 Å². The number of nitrogens with two attached hydrogens (primary N) is 2. The maximum absolute atomic E-state index is 13.1. The number of hydrogen-bond donors (Lipinski definition) is 2. The van der Waals surface area contributed by atoms with Crippen LogP contribution in [-0.4, -0.2) is 35.5 Å². The van der Waals surface area contributed by atoms with Crippen molar-refractivity contribution in [1.82, 2.24) is 0 Å². The molecule has 2 amide bonds. The summed E-state index contributed by atoms with van der Waals surface area (Å²) in [5.74, 6) is 0.546. The quantitative estimate of drug-likeness (QED) is 0.550. The van der Waals surface area contributed by atoms with Crippen LogP contribution in [0.3, 0.4) is 0 Å². The summed E-state index contributed by atoms with van der Waals surface area (Å²) in [5, 5.41) is 0. The molecule has 0 aliphatic carbocycles. The second-order valence-corrected chi connectivity index (χ2v) is 8.47. The largest absolute Gasteiger partial charge is 0.480 e. The Bertz CT molecular complexity index is 1020. The highest BCUT2D eigenvalue weighted by molar-refractivity contribution is 7.80. The van der Waals surface area contributed by atoms with Crippen LogP contribution in [0.5, 0.6) is 5.75 Å². The van der Waals surface area contributed by atoms with Gasteiger partial charge >= 0.3 is 0 Å². The summed E-state index contributed by atoms with van der Waals surface area (Å²) in [7, 11) is 0. The number of carbonyl (C=O) groups excluding carboxylic acids is 2. The summed E-state index contributed by atoms with van der Waals surface area (Å²) in [6.07, 6.45) is 2.49. The van der Waals surface area contributed by atoms with Gasteiger partial charge in [0.1, 0.15) is 10.7 Å². The predicted octanol–water partition coefficient (Wildman–Crippen LogP) is 2.99. The number of piperidine rings is 1. The fraction of sp³-hybridized carbons (Fsp3) is 0.348. The first-order valence-electron chi connectivity index (χ1n) is 10.4. The van der Waals surface area contributed by atoms with Crippen molar-refractivity contribution in [3.05, 3.63) is 48.0 Å². The van der Waals surface area contributed by atoms with Crippen LogP contribution in [-0.2, 0) is 9.59 Å². The summed E-state index contributed by atoms with van der Waals surface area (Å²) in [4.78, 5) is 29.0.